The van der Waals surface area contributed by atoms with Crippen LogP contribution in [0.3, 0.4) is 0 Å². The van der Waals surface area contributed by atoms with Gasteiger partial charge in [0.1, 0.15) is 0 Å². The van der Waals surface area contributed by atoms with E-state index in [1.807, 2.05) is 0 Å². The summed E-state index contributed by atoms with van der Waals surface area (Å²) in [5.74, 6) is 2.11. The van der Waals surface area contributed by atoms with Crippen molar-refractivity contribution >= 4 is 8.32 Å². The third kappa shape index (κ3) is 10.2. The minimum atomic E-state index is -1.40. The summed E-state index contributed by atoms with van der Waals surface area (Å²) in [5.41, 5.74) is 0. The minimum Gasteiger partial charge on any atom is -0.548 e. The van der Waals surface area contributed by atoms with E-state index in [1.165, 1.54) is 82.8 Å². The third-order valence-electron chi connectivity index (χ3n) is 4.29. The lowest BCUT2D eigenvalue weighted by molar-refractivity contribution is 0.349. The molecular weight excluding hydrogens is 272 g/mol. The first-order chi connectivity index (χ1) is 10.0. The summed E-state index contributed by atoms with van der Waals surface area (Å²) in [5, 5.41) is 0. The quantitative estimate of drug-likeness (QED) is 0.293. The molecule has 0 saturated carbocycles. The Morgan fingerprint density at radius 1 is 1.00 bits per heavy atom. The Kier molecular flexibility index (Phi) is 9.38. The van der Waals surface area contributed by atoms with Gasteiger partial charge in [-0.3, -0.25) is 0 Å². The minimum absolute atomic E-state index is 0.796. The highest BCUT2D eigenvalue weighted by Crippen LogP contribution is 2.29. The van der Waals surface area contributed by atoms with Gasteiger partial charge in [-0.2, -0.15) is 0 Å². The Morgan fingerprint density at radius 3 is 2.24 bits per heavy atom. The first-order valence-corrected chi connectivity index (χ1v) is 12.8. The highest BCUT2D eigenvalue weighted by atomic mass is 28.4. The molecule has 0 saturated heterocycles. The van der Waals surface area contributed by atoms with Crippen LogP contribution in [0.4, 0.5) is 0 Å². The van der Waals surface area contributed by atoms with Crippen LogP contribution in [-0.4, -0.2) is 8.32 Å². The van der Waals surface area contributed by atoms with Gasteiger partial charge >= 0.3 is 0 Å². The maximum atomic E-state index is 6.19. The second-order valence-electron chi connectivity index (χ2n) is 7.76. The van der Waals surface area contributed by atoms with Gasteiger partial charge in [-0.1, -0.05) is 58.3 Å². The molecule has 0 aromatic carbocycles. The van der Waals surface area contributed by atoms with Gasteiger partial charge < -0.3 is 4.43 Å². The van der Waals surface area contributed by atoms with Gasteiger partial charge in [0.05, 0.1) is 5.76 Å². The van der Waals surface area contributed by atoms with Crippen molar-refractivity contribution in [2.75, 3.05) is 0 Å². The molecule has 1 rings (SSSR count). The maximum absolute atomic E-state index is 6.19. The first kappa shape index (κ1) is 18.8. The normalized spacial score (nSPS) is 19.4. The zero-order chi connectivity index (χ0) is 15.6. The number of hydrogen-bond donors (Lipinski definition) is 0. The van der Waals surface area contributed by atoms with Crippen LogP contribution in [0, 0.1) is 5.92 Å². The fourth-order valence-electron chi connectivity index (χ4n) is 3.21. The molecule has 0 N–H and O–H groups in total. The molecule has 0 spiro atoms. The van der Waals surface area contributed by atoms with Crippen molar-refractivity contribution in [3.63, 3.8) is 0 Å². The van der Waals surface area contributed by atoms with Crippen LogP contribution >= 0.6 is 0 Å². The van der Waals surface area contributed by atoms with Gasteiger partial charge in [-0.15, -0.1) is 0 Å². The predicted molar refractivity (Wildman–Crippen MR) is 97.1 cm³/mol. The van der Waals surface area contributed by atoms with Crippen LogP contribution in [0.2, 0.25) is 19.6 Å². The second kappa shape index (κ2) is 10.5. The predicted octanol–water partition coefficient (Wildman–Crippen LogP) is 7.05. The number of rotatable bonds is 11. The van der Waals surface area contributed by atoms with E-state index in [0.29, 0.717) is 0 Å². The van der Waals surface area contributed by atoms with Crippen molar-refractivity contribution in [2.24, 2.45) is 5.92 Å². The van der Waals surface area contributed by atoms with Crippen LogP contribution in [0.15, 0.2) is 11.8 Å². The molecule has 0 heterocycles. The molecule has 1 aliphatic rings. The standard InChI is InChI=1S/C19H38OSi/c1-5-6-7-8-9-10-11-12-14-18-15-13-16-19(17-18)20-21(2,3)4/h17-18H,5-16H2,1-4H3/t18-/m0/s1. The van der Waals surface area contributed by atoms with E-state index < -0.39 is 8.32 Å². The lowest BCUT2D eigenvalue weighted by Crippen LogP contribution is -2.26. The highest BCUT2D eigenvalue weighted by molar-refractivity contribution is 6.70. The van der Waals surface area contributed by atoms with E-state index in [0.717, 1.165) is 5.92 Å². The van der Waals surface area contributed by atoms with Crippen molar-refractivity contribution in [3.8, 4) is 0 Å². The van der Waals surface area contributed by atoms with E-state index in [-0.39, 0.29) is 0 Å². The number of allylic oxidation sites excluding steroid dienone is 2. The number of unbranched alkanes of at least 4 members (excludes halogenated alkanes) is 7. The molecule has 21 heavy (non-hydrogen) atoms. The van der Waals surface area contributed by atoms with E-state index in [2.05, 4.69) is 32.6 Å². The van der Waals surface area contributed by atoms with Crippen molar-refractivity contribution in [3.05, 3.63) is 11.8 Å². The molecule has 1 nitrogen and oxygen atoms in total. The molecule has 124 valence electrons. The van der Waals surface area contributed by atoms with Crippen LogP contribution in [0.1, 0.15) is 84.0 Å². The van der Waals surface area contributed by atoms with Gasteiger partial charge in [-0.05, 0) is 50.9 Å². The summed E-state index contributed by atoms with van der Waals surface area (Å²) >= 11 is 0. The molecule has 0 radical (unpaired) electrons. The molecule has 2 heteroatoms. The Balaban J connectivity index is 2.10. The second-order valence-corrected chi connectivity index (χ2v) is 12.2. The topological polar surface area (TPSA) is 9.23 Å². The molecule has 0 aromatic heterocycles. The fraction of sp³-hybridized carbons (Fsp3) is 0.895. The molecule has 0 unspecified atom stereocenters. The Labute approximate surface area is 134 Å². The first-order valence-electron chi connectivity index (χ1n) is 9.41. The van der Waals surface area contributed by atoms with Gasteiger partial charge in [0, 0.05) is 6.42 Å². The van der Waals surface area contributed by atoms with Crippen molar-refractivity contribution in [2.45, 2.75) is 104 Å². The van der Waals surface area contributed by atoms with Crippen molar-refractivity contribution in [1.29, 1.82) is 0 Å². The van der Waals surface area contributed by atoms with Crippen LogP contribution in [0.25, 0.3) is 0 Å². The molecule has 1 aliphatic carbocycles. The summed E-state index contributed by atoms with van der Waals surface area (Å²) in [6.45, 7) is 9.15. The lowest BCUT2D eigenvalue weighted by Gasteiger charge is -2.27. The van der Waals surface area contributed by atoms with Gasteiger partial charge in [0.25, 0.3) is 0 Å². The Morgan fingerprint density at radius 2 is 1.62 bits per heavy atom. The SMILES string of the molecule is CCCCCCCCCC[C@@H]1C=C(O[Si](C)(C)C)CCC1. The molecule has 0 amide bonds. The van der Waals surface area contributed by atoms with E-state index in [1.54, 1.807) is 0 Å². The van der Waals surface area contributed by atoms with Crippen molar-refractivity contribution < 1.29 is 4.43 Å². The van der Waals surface area contributed by atoms with E-state index in [9.17, 15) is 0 Å². The molecule has 0 bridgehead atoms. The summed E-state index contributed by atoms with van der Waals surface area (Å²) in [4.78, 5) is 0. The monoisotopic (exact) mass is 310 g/mol. The molecule has 0 aliphatic heterocycles. The summed E-state index contributed by atoms with van der Waals surface area (Å²) in [7, 11) is -1.40. The zero-order valence-corrected chi connectivity index (χ0v) is 16.0. The number of hydrogen-bond acceptors (Lipinski definition) is 1. The third-order valence-corrected chi connectivity index (χ3v) is 5.16. The summed E-state index contributed by atoms with van der Waals surface area (Å²) in [6, 6.07) is 0. The average molecular weight is 311 g/mol. The van der Waals surface area contributed by atoms with Crippen LogP contribution < -0.4 is 0 Å². The van der Waals surface area contributed by atoms with E-state index >= 15 is 0 Å². The molecule has 1 atom stereocenters. The van der Waals surface area contributed by atoms with Gasteiger partial charge in [0.15, 0.2) is 0 Å². The molecule has 0 aromatic rings. The van der Waals surface area contributed by atoms with Gasteiger partial charge in [-0.25, -0.2) is 0 Å². The summed E-state index contributed by atoms with van der Waals surface area (Å²) < 4.78 is 6.19. The highest BCUT2D eigenvalue weighted by Gasteiger charge is 2.21. The molecule has 0 fully saturated rings. The maximum Gasteiger partial charge on any atom is 0.241 e. The molecular formula is C19H38OSi. The smallest absolute Gasteiger partial charge is 0.241 e. The zero-order valence-electron chi connectivity index (χ0n) is 15.0. The lowest BCUT2D eigenvalue weighted by atomic mass is 9.90. The van der Waals surface area contributed by atoms with Crippen molar-refractivity contribution in [1.82, 2.24) is 0 Å². The van der Waals surface area contributed by atoms with Crippen LogP contribution in [0.5, 0.6) is 0 Å². The Bertz CT molecular complexity index is 290. The largest absolute Gasteiger partial charge is 0.548 e. The Hall–Kier alpha value is -0.243. The average Bonchev–Trinajstić information content (AvgIpc) is 2.40. The van der Waals surface area contributed by atoms with E-state index in [4.69, 9.17) is 4.43 Å². The van der Waals surface area contributed by atoms with Gasteiger partial charge in [0.2, 0.25) is 8.32 Å². The fourth-order valence-corrected chi connectivity index (χ4v) is 4.17. The summed E-state index contributed by atoms with van der Waals surface area (Å²) in [6.07, 6.45) is 19.1. The van der Waals surface area contributed by atoms with Crippen LogP contribution in [-0.2, 0) is 4.43 Å².